The predicted octanol–water partition coefficient (Wildman–Crippen LogP) is 4.70. The molecular formula is C22H22ClN3O2. The summed E-state index contributed by atoms with van der Waals surface area (Å²) >= 11 is 5.98. The fraction of sp³-hybridized carbons (Fsp3) is 0.273. The normalized spacial score (nSPS) is 19.6. The summed E-state index contributed by atoms with van der Waals surface area (Å²) in [6, 6.07) is 14.7. The Morgan fingerprint density at radius 2 is 1.89 bits per heavy atom. The molecule has 0 bridgehead atoms. The van der Waals surface area contributed by atoms with Gasteiger partial charge in [-0.1, -0.05) is 42.8 Å². The summed E-state index contributed by atoms with van der Waals surface area (Å²) in [6.45, 7) is 3.59. The standard InChI is InChI=1S/C22H22ClN3O2/c1-14-10-11-26(13-20(14)15-4-8-18(27)9-5-15)22(28)19-12-24-25-21(19)16-2-6-17(23)7-3-16/h2-9,12,14,20,27H,10-11,13H2,1H3,(H,24,25)/t14-,20+/m1/s1. The summed E-state index contributed by atoms with van der Waals surface area (Å²) in [5.74, 6) is 0.943. The van der Waals surface area contributed by atoms with E-state index in [0.717, 1.165) is 24.1 Å². The molecular weight excluding hydrogens is 374 g/mol. The molecule has 1 aliphatic rings. The van der Waals surface area contributed by atoms with Crippen molar-refractivity contribution in [2.75, 3.05) is 13.1 Å². The van der Waals surface area contributed by atoms with Crippen LogP contribution in [0.3, 0.4) is 0 Å². The number of aromatic hydroxyl groups is 1. The summed E-state index contributed by atoms with van der Waals surface area (Å²) in [7, 11) is 0. The van der Waals surface area contributed by atoms with Crippen LogP contribution in [0, 0.1) is 5.92 Å². The average Bonchev–Trinajstić information content (AvgIpc) is 3.19. The highest BCUT2D eigenvalue weighted by Crippen LogP contribution is 2.34. The number of halogens is 1. The van der Waals surface area contributed by atoms with Crippen molar-refractivity contribution in [1.82, 2.24) is 15.1 Å². The molecule has 144 valence electrons. The van der Waals surface area contributed by atoms with Crippen molar-refractivity contribution in [2.45, 2.75) is 19.3 Å². The second-order valence-electron chi connectivity index (χ2n) is 7.38. The van der Waals surface area contributed by atoms with E-state index in [2.05, 4.69) is 17.1 Å². The van der Waals surface area contributed by atoms with Gasteiger partial charge in [0.2, 0.25) is 0 Å². The Labute approximate surface area is 169 Å². The van der Waals surface area contributed by atoms with Crippen LogP contribution in [-0.2, 0) is 0 Å². The molecule has 1 fully saturated rings. The molecule has 5 nitrogen and oxygen atoms in total. The van der Waals surface area contributed by atoms with Crippen molar-refractivity contribution < 1.29 is 9.90 Å². The molecule has 2 N–H and O–H groups in total. The Bertz CT molecular complexity index is 966. The van der Waals surface area contributed by atoms with Gasteiger partial charge in [0.25, 0.3) is 5.91 Å². The van der Waals surface area contributed by atoms with E-state index < -0.39 is 0 Å². The first-order valence-electron chi connectivity index (χ1n) is 9.40. The van der Waals surface area contributed by atoms with Crippen LogP contribution in [0.25, 0.3) is 11.3 Å². The first-order valence-corrected chi connectivity index (χ1v) is 9.78. The zero-order valence-electron chi connectivity index (χ0n) is 15.6. The van der Waals surface area contributed by atoms with E-state index >= 15 is 0 Å². The molecule has 28 heavy (non-hydrogen) atoms. The number of H-pyrrole nitrogens is 1. The molecule has 2 atom stereocenters. The molecule has 4 rings (SSSR count). The minimum atomic E-state index is -0.0191. The number of rotatable bonds is 3. The van der Waals surface area contributed by atoms with E-state index in [4.69, 9.17) is 11.6 Å². The zero-order chi connectivity index (χ0) is 19.7. The third kappa shape index (κ3) is 3.62. The lowest BCUT2D eigenvalue weighted by molar-refractivity contribution is 0.0670. The number of phenols is 1. The molecule has 0 spiro atoms. The van der Waals surface area contributed by atoms with Crippen molar-refractivity contribution >= 4 is 17.5 Å². The van der Waals surface area contributed by atoms with E-state index in [9.17, 15) is 9.90 Å². The van der Waals surface area contributed by atoms with E-state index in [1.54, 1.807) is 30.5 Å². The number of benzene rings is 2. The highest BCUT2D eigenvalue weighted by molar-refractivity contribution is 6.30. The molecule has 0 saturated carbocycles. The predicted molar refractivity (Wildman–Crippen MR) is 110 cm³/mol. The highest BCUT2D eigenvalue weighted by atomic mass is 35.5. The van der Waals surface area contributed by atoms with Gasteiger partial charge in [-0.2, -0.15) is 5.10 Å². The number of aromatic nitrogens is 2. The maximum Gasteiger partial charge on any atom is 0.257 e. The molecule has 0 radical (unpaired) electrons. The number of carbonyl (C=O) groups is 1. The second-order valence-corrected chi connectivity index (χ2v) is 7.82. The summed E-state index contributed by atoms with van der Waals surface area (Å²) < 4.78 is 0. The summed E-state index contributed by atoms with van der Waals surface area (Å²) in [5, 5.41) is 17.3. The van der Waals surface area contributed by atoms with Gasteiger partial charge in [0.05, 0.1) is 17.5 Å². The van der Waals surface area contributed by atoms with Gasteiger partial charge in [-0.15, -0.1) is 0 Å². The lowest BCUT2D eigenvalue weighted by Crippen LogP contribution is -2.42. The van der Waals surface area contributed by atoms with E-state index in [1.165, 1.54) is 0 Å². The molecule has 1 amide bonds. The smallest absolute Gasteiger partial charge is 0.257 e. The van der Waals surface area contributed by atoms with Crippen LogP contribution >= 0.6 is 11.6 Å². The van der Waals surface area contributed by atoms with Gasteiger partial charge in [-0.05, 0) is 42.2 Å². The Hall–Kier alpha value is -2.79. The number of aromatic amines is 1. The van der Waals surface area contributed by atoms with Crippen LogP contribution in [0.1, 0.15) is 35.2 Å². The Morgan fingerprint density at radius 3 is 2.61 bits per heavy atom. The van der Waals surface area contributed by atoms with Gasteiger partial charge >= 0.3 is 0 Å². The van der Waals surface area contributed by atoms with Crippen molar-refractivity contribution in [3.05, 3.63) is 70.9 Å². The van der Waals surface area contributed by atoms with Crippen LogP contribution in [0.4, 0.5) is 0 Å². The van der Waals surface area contributed by atoms with E-state index in [1.807, 2.05) is 29.2 Å². The molecule has 2 aromatic carbocycles. The number of hydrogen-bond donors (Lipinski definition) is 2. The van der Waals surface area contributed by atoms with Crippen LogP contribution in [0.5, 0.6) is 5.75 Å². The third-order valence-electron chi connectivity index (χ3n) is 5.57. The maximum atomic E-state index is 13.3. The number of carbonyl (C=O) groups excluding carboxylic acids is 1. The lowest BCUT2D eigenvalue weighted by Gasteiger charge is -2.37. The number of piperidine rings is 1. The molecule has 0 aliphatic carbocycles. The minimum absolute atomic E-state index is 0.0191. The van der Waals surface area contributed by atoms with Crippen LogP contribution in [-0.4, -0.2) is 39.2 Å². The maximum absolute atomic E-state index is 13.3. The quantitative estimate of drug-likeness (QED) is 0.675. The average molecular weight is 396 g/mol. The van der Waals surface area contributed by atoms with E-state index in [0.29, 0.717) is 28.7 Å². The number of nitrogens with one attached hydrogen (secondary N) is 1. The number of hydrogen-bond acceptors (Lipinski definition) is 3. The Balaban J connectivity index is 1.58. The van der Waals surface area contributed by atoms with Gasteiger partial charge in [-0.3, -0.25) is 9.89 Å². The number of phenolic OH excluding ortho intramolecular Hbond substituents is 1. The SMILES string of the molecule is C[C@@H]1CCN(C(=O)c2cn[nH]c2-c2ccc(Cl)cc2)C[C@@H]1c1ccc(O)cc1. The molecule has 1 saturated heterocycles. The number of nitrogens with zero attached hydrogens (tertiary/aromatic N) is 2. The number of amides is 1. The largest absolute Gasteiger partial charge is 0.508 e. The topological polar surface area (TPSA) is 69.2 Å². The Morgan fingerprint density at radius 1 is 1.18 bits per heavy atom. The number of likely N-dealkylation sites (tertiary alicyclic amines) is 1. The van der Waals surface area contributed by atoms with Crippen molar-refractivity contribution in [1.29, 1.82) is 0 Å². The van der Waals surface area contributed by atoms with Crippen molar-refractivity contribution in [3.63, 3.8) is 0 Å². The van der Waals surface area contributed by atoms with Gasteiger partial charge < -0.3 is 10.0 Å². The second kappa shape index (κ2) is 7.68. The molecule has 2 heterocycles. The third-order valence-corrected chi connectivity index (χ3v) is 5.82. The van der Waals surface area contributed by atoms with Crippen molar-refractivity contribution in [2.24, 2.45) is 5.92 Å². The van der Waals surface area contributed by atoms with Crippen molar-refractivity contribution in [3.8, 4) is 17.0 Å². The molecule has 6 heteroatoms. The molecule has 1 aliphatic heterocycles. The van der Waals surface area contributed by atoms with Crippen LogP contribution in [0.15, 0.2) is 54.7 Å². The first-order chi connectivity index (χ1) is 13.5. The van der Waals surface area contributed by atoms with Gasteiger partial charge in [0.15, 0.2) is 0 Å². The molecule has 1 aromatic heterocycles. The summed E-state index contributed by atoms with van der Waals surface area (Å²) in [4.78, 5) is 15.2. The van der Waals surface area contributed by atoms with Gasteiger partial charge in [0, 0.05) is 29.6 Å². The monoisotopic (exact) mass is 395 g/mol. The zero-order valence-corrected chi connectivity index (χ0v) is 16.4. The fourth-order valence-corrected chi connectivity index (χ4v) is 3.99. The highest BCUT2D eigenvalue weighted by Gasteiger charge is 2.31. The summed E-state index contributed by atoms with van der Waals surface area (Å²) in [6.07, 6.45) is 2.53. The minimum Gasteiger partial charge on any atom is -0.508 e. The lowest BCUT2D eigenvalue weighted by atomic mass is 9.81. The summed E-state index contributed by atoms with van der Waals surface area (Å²) in [5.41, 5.74) is 3.31. The first kappa shape index (κ1) is 18.6. The van der Waals surface area contributed by atoms with Crippen LogP contribution in [0.2, 0.25) is 5.02 Å². The Kier molecular flexibility index (Phi) is 5.09. The fourth-order valence-electron chi connectivity index (χ4n) is 3.86. The van der Waals surface area contributed by atoms with Gasteiger partial charge in [0.1, 0.15) is 5.75 Å². The molecule has 3 aromatic rings. The van der Waals surface area contributed by atoms with Crippen LogP contribution < -0.4 is 0 Å². The molecule has 0 unspecified atom stereocenters. The van der Waals surface area contributed by atoms with Gasteiger partial charge in [-0.25, -0.2) is 0 Å². The van der Waals surface area contributed by atoms with E-state index in [-0.39, 0.29) is 17.6 Å².